The molecule has 1 heterocycles. The SMILES string of the molecule is COc1ccc(CS(=O)(=O)[C@H]2CCOC2)cc1C(=O)Nc1ccc(F)c(C)c1. The quantitative estimate of drug-likeness (QED) is 0.796. The van der Waals surface area contributed by atoms with E-state index in [-0.39, 0.29) is 23.7 Å². The lowest BCUT2D eigenvalue weighted by molar-refractivity contribution is 0.102. The van der Waals surface area contributed by atoms with E-state index >= 15 is 0 Å². The molecule has 0 aromatic heterocycles. The van der Waals surface area contributed by atoms with Crippen LogP contribution < -0.4 is 10.1 Å². The van der Waals surface area contributed by atoms with Crippen molar-refractivity contribution >= 4 is 21.4 Å². The molecule has 1 amide bonds. The largest absolute Gasteiger partial charge is 0.496 e. The molecule has 150 valence electrons. The zero-order chi connectivity index (χ0) is 20.3. The van der Waals surface area contributed by atoms with E-state index in [4.69, 9.17) is 9.47 Å². The molecule has 1 saturated heterocycles. The van der Waals surface area contributed by atoms with Crippen LogP contribution in [0, 0.1) is 12.7 Å². The molecule has 0 aliphatic carbocycles. The lowest BCUT2D eigenvalue weighted by Crippen LogP contribution is -2.23. The van der Waals surface area contributed by atoms with Gasteiger partial charge in [-0.15, -0.1) is 0 Å². The number of nitrogens with one attached hydrogen (secondary N) is 1. The van der Waals surface area contributed by atoms with Crippen LogP contribution in [0.3, 0.4) is 0 Å². The zero-order valence-corrected chi connectivity index (χ0v) is 16.5. The van der Waals surface area contributed by atoms with Gasteiger partial charge in [0.05, 0.1) is 30.3 Å². The summed E-state index contributed by atoms with van der Waals surface area (Å²) >= 11 is 0. The third-order valence-corrected chi connectivity index (χ3v) is 6.81. The van der Waals surface area contributed by atoms with Gasteiger partial charge in [0.25, 0.3) is 5.91 Å². The number of sulfone groups is 1. The third kappa shape index (κ3) is 4.51. The van der Waals surface area contributed by atoms with Gasteiger partial charge in [0, 0.05) is 12.3 Å². The summed E-state index contributed by atoms with van der Waals surface area (Å²) in [6.45, 7) is 2.25. The Kier molecular flexibility index (Phi) is 6.00. The number of anilines is 1. The number of carbonyl (C=O) groups is 1. The predicted molar refractivity (Wildman–Crippen MR) is 104 cm³/mol. The normalized spacial score (nSPS) is 16.8. The van der Waals surface area contributed by atoms with Gasteiger partial charge >= 0.3 is 0 Å². The Balaban J connectivity index is 1.84. The number of carbonyl (C=O) groups excluding carboxylic acids is 1. The standard InChI is InChI=1S/C20H22FNO5S/c1-13-9-15(4-5-18(13)21)22-20(23)17-10-14(3-6-19(17)26-2)12-28(24,25)16-7-8-27-11-16/h3-6,9-10,16H,7-8,11-12H2,1-2H3,(H,22,23)/t16-/m0/s1. The third-order valence-electron chi connectivity index (χ3n) is 4.69. The first-order valence-electron chi connectivity index (χ1n) is 8.84. The molecular weight excluding hydrogens is 385 g/mol. The van der Waals surface area contributed by atoms with Crippen molar-refractivity contribution in [1.29, 1.82) is 0 Å². The van der Waals surface area contributed by atoms with Crippen molar-refractivity contribution < 1.29 is 27.1 Å². The van der Waals surface area contributed by atoms with Gasteiger partial charge in [-0.3, -0.25) is 4.79 Å². The number of hydrogen-bond acceptors (Lipinski definition) is 5. The molecule has 1 N–H and O–H groups in total. The molecule has 2 aromatic rings. The number of benzene rings is 2. The second-order valence-electron chi connectivity index (χ2n) is 6.75. The fourth-order valence-electron chi connectivity index (χ4n) is 3.09. The summed E-state index contributed by atoms with van der Waals surface area (Å²) < 4.78 is 48.9. The highest BCUT2D eigenvalue weighted by atomic mass is 32.2. The Morgan fingerprint density at radius 1 is 1.29 bits per heavy atom. The fraction of sp³-hybridized carbons (Fsp3) is 0.350. The molecular formula is C20H22FNO5S. The van der Waals surface area contributed by atoms with E-state index in [0.29, 0.717) is 35.6 Å². The van der Waals surface area contributed by atoms with Crippen molar-refractivity contribution in [3.8, 4) is 5.75 Å². The van der Waals surface area contributed by atoms with E-state index < -0.39 is 21.0 Å². The summed E-state index contributed by atoms with van der Waals surface area (Å²) in [5.41, 5.74) is 1.54. The monoisotopic (exact) mass is 407 g/mol. The Morgan fingerprint density at radius 3 is 2.71 bits per heavy atom. The minimum atomic E-state index is -3.38. The van der Waals surface area contributed by atoms with E-state index in [2.05, 4.69) is 5.32 Å². The maximum Gasteiger partial charge on any atom is 0.259 e. The van der Waals surface area contributed by atoms with E-state index in [0.717, 1.165) is 0 Å². The second-order valence-corrected chi connectivity index (χ2v) is 9.03. The lowest BCUT2D eigenvalue weighted by Gasteiger charge is -2.13. The average molecular weight is 407 g/mol. The molecule has 0 unspecified atom stereocenters. The summed E-state index contributed by atoms with van der Waals surface area (Å²) in [6.07, 6.45) is 0.482. The second kappa shape index (κ2) is 8.28. The maximum absolute atomic E-state index is 13.4. The fourth-order valence-corrected chi connectivity index (χ4v) is 4.73. The van der Waals surface area contributed by atoms with Crippen LogP contribution in [0.25, 0.3) is 0 Å². The maximum atomic E-state index is 13.4. The Hall–Kier alpha value is -2.45. The Morgan fingerprint density at radius 2 is 2.07 bits per heavy atom. The van der Waals surface area contributed by atoms with Crippen LogP contribution in [-0.2, 0) is 20.3 Å². The number of hydrogen-bond donors (Lipinski definition) is 1. The molecule has 3 rings (SSSR count). The van der Waals surface area contributed by atoms with E-state index in [1.807, 2.05) is 0 Å². The van der Waals surface area contributed by atoms with Crippen LogP contribution in [0.1, 0.15) is 27.9 Å². The summed E-state index contributed by atoms with van der Waals surface area (Å²) in [5, 5.41) is 2.17. The van der Waals surface area contributed by atoms with Crippen molar-refractivity contribution in [2.24, 2.45) is 0 Å². The van der Waals surface area contributed by atoms with Gasteiger partial charge in [-0.1, -0.05) is 6.07 Å². The number of amides is 1. The molecule has 0 bridgehead atoms. The first kappa shape index (κ1) is 20.3. The topological polar surface area (TPSA) is 81.7 Å². The van der Waals surface area contributed by atoms with Crippen LogP contribution in [0.4, 0.5) is 10.1 Å². The number of rotatable bonds is 6. The molecule has 2 aromatic carbocycles. The smallest absolute Gasteiger partial charge is 0.259 e. The molecule has 8 heteroatoms. The van der Waals surface area contributed by atoms with E-state index in [9.17, 15) is 17.6 Å². The number of aryl methyl sites for hydroxylation is 1. The lowest BCUT2D eigenvalue weighted by atomic mass is 10.1. The Labute approximate surface area is 163 Å². The van der Waals surface area contributed by atoms with Gasteiger partial charge in [-0.05, 0) is 54.8 Å². The van der Waals surface area contributed by atoms with Crippen LogP contribution in [-0.4, -0.2) is 39.9 Å². The molecule has 1 atom stereocenters. The Bertz CT molecular complexity index is 984. The van der Waals surface area contributed by atoms with Gasteiger partial charge in [0.1, 0.15) is 11.6 Å². The molecule has 28 heavy (non-hydrogen) atoms. The molecule has 1 aliphatic rings. The van der Waals surface area contributed by atoms with Gasteiger partial charge in [-0.25, -0.2) is 12.8 Å². The highest BCUT2D eigenvalue weighted by Crippen LogP contribution is 2.25. The summed E-state index contributed by atoms with van der Waals surface area (Å²) in [4.78, 5) is 12.7. The molecule has 0 spiro atoms. The minimum absolute atomic E-state index is 0.180. The van der Waals surface area contributed by atoms with Crippen molar-refractivity contribution in [3.05, 3.63) is 58.9 Å². The van der Waals surface area contributed by atoms with Gasteiger partial charge < -0.3 is 14.8 Å². The first-order chi connectivity index (χ1) is 13.3. The van der Waals surface area contributed by atoms with Gasteiger partial charge in [0.2, 0.25) is 0 Å². The van der Waals surface area contributed by atoms with Crippen LogP contribution >= 0.6 is 0 Å². The molecule has 6 nitrogen and oxygen atoms in total. The van der Waals surface area contributed by atoms with Crippen molar-refractivity contribution in [3.63, 3.8) is 0 Å². The van der Waals surface area contributed by atoms with Crippen molar-refractivity contribution in [2.75, 3.05) is 25.6 Å². The van der Waals surface area contributed by atoms with Crippen molar-refractivity contribution in [1.82, 2.24) is 0 Å². The molecule has 0 saturated carbocycles. The molecule has 0 radical (unpaired) electrons. The predicted octanol–water partition coefficient (Wildman–Crippen LogP) is 3.10. The summed E-state index contributed by atoms with van der Waals surface area (Å²) in [7, 11) is -1.95. The highest BCUT2D eigenvalue weighted by Gasteiger charge is 2.30. The first-order valence-corrected chi connectivity index (χ1v) is 10.6. The number of ether oxygens (including phenoxy) is 2. The van der Waals surface area contributed by atoms with E-state index in [1.165, 1.54) is 31.4 Å². The molecule has 1 fully saturated rings. The van der Waals surface area contributed by atoms with Gasteiger partial charge in [0.15, 0.2) is 9.84 Å². The number of methoxy groups -OCH3 is 1. The van der Waals surface area contributed by atoms with Crippen LogP contribution in [0.2, 0.25) is 0 Å². The highest BCUT2D eigenvalue weighted by molar-refractivity contribution is 7.91. The average Bonchev–Trinajstić information content (AvgIpc) is 3.20. The zero-order valence-electron chi connectivity index (χ0n) is 15.7. The van der Waals surface area contributed by atoms with Crippen LogP contribution in [0.15, 0.2) is 36.4 Å². The van der Waals surface area contributed by atoms with Crippen molar-refractivity contribution in [2.45, 2.75) is 24.3 Å². The van der Waals surface area contributed by atoms with Crippen LogP contribution in [0.5, 0.6) is 5.75 Å². The van der Waals surface area contributed by atoms with Gasteiger partial charge in [-0.2, -0.15) is 0 Å². The summed E-state index contributed by atoms with van der Waals surface area (Å²) in [5.74, 6) is -0.687. The minimum Gasteiger partial charge on any atom is -0.496 e. The number of halogens is 1. The summed E-state index contributed by atoms with van der Waals surface area (Å²) in [6, 6.07) is 8.97. The van der Waals surface area contributed by atoms with E-state index in [1.54, 1.807) is 19.1 Å². The molecule has 1 aliphatic heterocycles.